The molecule has 0 aliphatic carbocycles. The molecule has 10 heterocycles. The predicted molar refractivity (Wildman–Crippen MR) is 412 cm³/mol. The van der Waals surface area contributed by atoms with Gasteiger partial charge in [0, 0.05) is 147 Å². The Labute approximate surface area is 600 Å². The number of hydrogen-bond acceptors (Lipinski definition) is 14. The molecule has 0 bridgehead atoms. The average molecular weight is 1370 g/mol. The van der Waals surface area contributed by atoms with Crippen molar-refractivity contribution in [1.82, 2.24) is 58.8 Å². The van der Waals surface area contributed by atoms with Gasteiger partial charge in [-0.05, 0) is 241 Å². The van der Waals surface area contributed by atoms with Gasteiger partial charge >= 0.3 is 0 Å². The van der Waals surface area contributed by atoms with E-state index in [0.717, 1.165) is 140 Å². The number of hydrogen-bond donors (Lipinski definition) is 6. The third kappa shape index (κ3) is 15.3. The van der Waals surface area contributed by atoms with Crippen LogP contribution >= 0.6 is 0 Å². The number of nitrogens with one attached hydrogen (secondary N) is 6. The van der Waals surface area contributed by atoms with Crippen molar-refractivity contribution < 1.29 is 19.2 Å². The minimum absolute atomic E-state index is 0.00547. The molecule has 4 aliphatic rings. The van der Waals surface area contributed by atoms with Crippen LogP contribution in [0, 0.1) is 0 Å². The van der Waals surface area contributed by atoms with E-state index in [2.05, 4.69) is 183 Å². The van der Waals surface area contributed by atoms with Crippen molar-refractivity contribution in [1.29, 1.82) is 0 Å². The van der Waals surface area contributed by atoms with Crippen LogP contribution < -0.4 is 36.8 Å². The van der Waals surface area contributed by atoms with Crippen molar-refractivity contribution >= 4 is 80.3 Å². The topological polar surface area (TPSA) is 205 Å². The zero-order valence-electron chi connectivity index (χ0n) is 59.5. The average Bonchev–Trinajstić information content (AvgIpc) is 1.70. The van der Waals surface area contributed by atoms with Gasteiger partial charge in [-0.3, -0.25) is 37.3 Å². The highest BCUT2D eigenvalue weighted by molar-refractivity contribution is 6.00. The maximum atomic E-state index is 12.3. The Morgan fingerprint density at radius 3 is 1.41 bits per heavy atom. The summed E-state index contributed by atoms with van der Waals surface area (Å²) in [6.45, 7) is 19.9. The molecule has 0 radical (unpaired) electrons. The van der Waals surface area contributed by atoms with Crippen LogP contribution in [0.4, 0.5) is 39.8 Å². The Morgan fingerprint density at radius 2 is 0.951 bits per heavy atom. The Kier molecular flexibility index (Phi) is 20.3. The first-order chi connectivity index (χ1) is 50.0. The molecule has 2 saturated heterocycles. The number of pyridine rings is 3. The van der Waals surface area contributed by atoms with E-state index in [4.69, 9.17) is 0 Å². The molecule has 20 heteroatoms. The molecule has 0 atom stereocenters. The van der Waals surface area contributed by atoms with E-state index in [-0.39, 0.29) is 23.5 Å². The van der Waals surface area contributed by atoms with Crippen molar-refractivity contribution in [3.63, 3.8) is 0 Å². The fraction of sp³-hybridized carbons (Fsp3) is 0.265. The highest BCUT2D eigenvalue weighted by Crippen LogP contribution is 2.36. The number of benzene rings is 6. The number of nitrogens with zero attached hydrogens (tertiary/aromatic N) is 10. The summed E-state index contributed by atoms with van der Waals surface area (Å²) in [7, 11) is 3.95. The van der Waals surface area contributed by atoms with E-state index < -0.39 is 0 Å². The van der Waals surface area contributed by atoms with Crippen LogP contribution in [0.5, 0.6) is 0 Å². The lowest BCUT2D eigenvalue weighted by Gasteiger charge is -2.38. The molecule has 6 aromatic carbocycles. The Morgan fingerprint density at radius 1 is 0.505 bits per heavy atom. The standard InChI is InChI=1S/C29H31N5O.C28H31N5O.C26H26N6O2/c1-19(2)33-14-11-21(12-15-33)20-3-6-24(7-4-20)32-26-9-10-27(34-16-13-30-28(26)34)22-5-8-25-23(17-22)18-31-29(25)35;1-20(2)31-15-17-32(18-16-31)25-9-7-24(8-10-25)30-26-11-12-27(33-14-13-29-28(26)33)23-6-4-5-22(19-23)21(3)34;1-31(2)13-11-28-25(33)17-3-6-20(7-4-17)30-22-9-10-23(32-14-12-27-24(22)32)18-5-8-21-19(15-18)16-29-26(21)34/h3-10,13,16-17,19,21,32H,11-12,14-15,18H2,1-2H3,(H,31,35);4-14,19-20,30H,15-18H2,1-3H3;3-10,12,14-15,30H,11,13,16H2,1-2H3,(H,28,33)(H,29,34). The van der Waals surface area contributed by atoms with Crippen LogP contribution in [-0.4, -0.2) is 145 Å². The van der Waals surface area contributed by atoms with Crippen LogP contribution in [0.2, 0.25) is 0 Å². The molecule has 12 aromatic rings. The SMILES string of the molecule is CC(=O)c1cccc(-c2ccc(Nc3ccc(N4CCN(C(C)C)CC4)cc3)c3nccn23)c1.CC(C)N1CCC(c2ccc(Nc3ccc(-c4ccc5c(c4)CNC5=O)n4ccnc34)cc2)CC1.CN(C)CCNC(=O)c1ccc(Nc2ccc(-c3ccc4c(c3)CNC4=O)n3ccnc23)cc1. The summed E-state index contributed by atoms with van der Waals surface area (Å²) in [5.41, 5.74) is 21.9. The summed E-state index contributed by atoms with van der Waals surface area (Å²) < 4.78 is 6.19. The smallest absolute Gasteiger partial charge is 0.251 e. The molecular weight excluding hydrogens is 1290 g/mol. The first-order valence-electron chi connectivity index (χ1n) is 35.7. The molecule has 524 valence electrons. The van der Waals surface area contributed by atoms with Crippen LogP contribution in [0.3, 0.4) is 0 Å². The van der Waals surface area contributed by atoms with Crippen LogP contribution in [0.25, 0.3) is 50.7 Å². The number of aromatic nitrogens is 6. The summed E-state index contributed by atoms with van der Waals surface area (Å²) in [5.74, 6) is 0.610. The number of imidazole rings is 3. The number of likely N-dealkylation sites (tertiary alicyclic amines) is 1. The maximum Gasteiger partial charge on any atom is 0.251 e. The normalized spacial score (nSPS) is 14.6. The summed E-state index contributed by atoms with van der Waals surface area (Å²) in [4.78, 5) is 71.3. The number of anilines is 7. The third-order valence-corrected chi connectivity index (χ3v) is 20.1. The van der Waals surface area contributed by atoms with Crippen molar-refractivity contribution in [2.75, 3.05) is 87.3 Å². The number of piperidine rings is 1. The first-order valence-corrected chi connectivity index (χ1v) is 35.7. The molecule has 6 aromatic heterocycles. The van der Waals surface area contributed by atoms with E-state index in [1.165, 1.54) is 37.2 Å². The van der Waals surface area contributed by atoms with Gasteiger partial charge in [0.25, 0.3) is 17.7 Å². The summed E-state index contributed by atoms with van der Waals surface area (Å²) in [6.07, 6.45) is 13.7. The number of Topliss-reactive ketones (excluding diaryl/α,β-unsaturated/α-hetero) is 1. The minimum atomic E-state index is -0.0837. The van der Waals surface area contributed by atoms with Gasteiger partial charge in [0.2, 0.25) is 0 Å². The molecule has 103 heavy (non-hydrogen) atoms. The van der Waals surface area contributed by atoms with E-state index in [1.807, 2.05) is 133 Å². The van der Waals surface area contributed by atoms with Gasteiger partial charge in [-0.15, -0.1) is 0 Å². The van der Waals surface area contributed by atoms with E-state index in [1.54, 1.807) is 19.3 Å². The Hall–Kier alpha value is -11.5. The summed E-state index contributed by atoms with van der Waals surface area (Å²) in [6, 6.07) is 58.2. The monoisotopic (exact) mass is 1370 g/mol. The third-order valence-electron chi connectivity index (χ3n) is 20.1. The predicted octanol–water partition coefficient (Wildman–Crippen LogP) is 14.3. The second kappa shape index (κ2) is 30.4. The largest absolute Gasteiger partial charge is 0.369 e. The highest BCUT2D eigenvalue weighted by atomic mass is 16.2. The van der Waals surface area contributed by atoms with Gasteiger partial charge in [-0.2, -0.15) is 0 Å². The molecule has 2 fully saturated rings. The number of piperazine rings is 1. The van der Waals surface area contributed by atoms with E-state index >= 15 is 0 Å². The quantitative estimate of drug-likeness (QED) is 0.0443. The second-order valence-electron chi connectivity index (χ2n) is 27.7. The summed E-state index contributed by atoms with van der Waals surface area (Å²) >= 11 is 0. The Balaban J connectivity index is 0.000000131. The molecular formula is C83H88N16O4. The first kappa shape index (κ1) is 68.7. The number of ketones is 1. The zero-order chi connectivity index (χ0) is 71.3. The number of fused-ring (bicyclic) bond motifs is 5. The molecule has 0 unspecified atom stereocenters. The van der Waals surface area contributed by atoms with Crippen LogP contribution in [0.1, 0.15) is 112 Å². The number of carbonyl (C=O) groups excluding carboxylic acids is 4. The lowest BCUT2D eigenvalue weighted by atomic mass is 9.89. The van der Waals surface area contributed by atoms with Gasteiger partial charge in [0.05, 0.1) is 34.1 Å². The van der Waals surface area contributed by atoms with Crippen LogP contribution in [-0.2, 0) is 13.1 Å². The number of amides is 3. The Bertz CT molecular complexity index is 5060. The molecule has 6 N–H and O–H groups in total. The second-order valence-corrected chi connectivity index (χ2v) is 27.7. The fourth-order valence-electron chi connectivity index (χ4n) is 14.2. The maximum absolute atomic E-state index is 12.3. The molecule has 16 rings (SSSR count). The van der Waals surface area contributed by atoms with Crippen molar-refractivity contribution in [3.8, 4) is 33.8 Å². The van der Waals surface area contributed by atoms with Gasteiger partial charge < -0.3 is 46.6 Å². The van der Waals surface area contributed by atoms with Gasteiger partial charge in [-0.1, -0.05) is 42.5 Å². The lowest BCUT2D eigenvalue weighted by Crippen LogP contribution is -2.48. The van der Waals surface area contributed by atoms with Crippen molar-refractivity contribution in [2.45, 2.75) is 78.6 Å². The fourth-order valence-corrected chi connectivity index (χ4v) is 14.2. The molecule has 4 aliphatic heterocycles. The molecule has 0 saturated carbocycles. The molecule has 3 amide bonds. The van der Waals surface area contributed by atoms with Crippen molar-refractivity contribution in [3.05, 3.63) is 246 Å². The number of carbonyl (C=O) groups is 4. The van der Waals surface area contributed by atoms with Crippen molar-refractivity contribution in [2.24, 2.45) is 0 Å². The highest BCUT2D eigenvalue weighted by Gasteiger charge is 2.25. The van der Waals surface area contributed by atoms with Crippen LogP contribution in [0.15, 0.2) is 207 Å². The van der Waals surface area contributed by atoms with Gasteiger partial charge in [0.15, 0.2) is 22.7 Å². The van der Waals surface area contributed by atoms with E-state index in [0.29, 0.717) is 48.8 Å². The van der Waals surface area contributed by atoms with Gasteiger partial charge in [0.1, 0.15) is 0 Å². The molecule has 20 nitrogen and oxygen atoms in total. The van der Waals surface area contributed by atoms with E-state index in [9.17, 15) is 19.2 Å². The minimum Gasteiger partial charge on any atom is -0.369 e. The number of rotatable bonds is 18. The molecule has 0 spiro atoms. The number of likely N-dealkylation sites (N-methyl/N-ethyl adjacent to an activating group) is 1. The van der Waals surface area contributed by atoms with Gasteiger partial charge in [-0.25, -0.2) is 15.0 Å². The lowest BCUT2D eigenvalue weighted by molar-refractivity contribution is 0.0946. The summed E-state index contributed by atoms with van der Waals surface area (Å²) in [5, 5.41) is 19.2. The zero-order valence-corrected chi connectivity index (χ0v) is 59.5.